The van der Waals surface area contributed by atoms with Crippen LogP contribution in [0.4, 0.5) is 0 Å². The zero-order valence-corrected chi connectivity index (χ0v) is 6.62. The van der Waals surface area contributed by atoms with Crippen LogP contribution in [0.2, 0.25) is 0 Å². The second kappa shape index (κ2) is 1.66. The molecule has 2 aliphatic rings. The minimum atomic E-state index is 0.183. The molecule has 0 heterocycles. The molecule has 0 aromatic carbocycles. The fourth-order valence-corrected chi connectivity index (χ4v) is 2.95. The highest BCUT2D eigenvalue weighted by atomic mass is 35.5. The summed E-state index contributed by atoms with van der Waals surface area (Å²) in [5.74, 6) is 1.83. The SMILES string of the molecule is CC1(Cl)CC2CCC1C2. The molecular formula is C8H13Cl. The van der Waals surface area contributed by atoms with E-state index in [1.54, 1.807) is 0 Å². The van der Waals surface area contributed by atoms with Gasteiger partial charge in [-0.05, 0) is 38.0 Å². The molecule has 0 amide bonds. The summed E-state index contributed by atoms with van der Waals surface area (Å²) in [6, 6.07) is 0. The molecule has 0 radical (unpaired) electrons. The summed E-state index contributed by atoms with van der Waals surface area (Å²) >= 11 is 6.26. The van der Waals surface area contributed by atoms with Gasteiger partial charge >= 0.3 is 0 Å². The van der Waals surface area contributed by atoms with E-state index in [1.165, 1.54) is 25.7 Å². The lowest BCUT2D eigenvalue weighted by Crippen LogP contribution is -2.23. The fraction of sp³-hybridized carbons (Fsp3) is 1.00. The first-order valence-electron chi connectivity index (χ1n) is 3.87. The van der Waals surface area contributed by atoms with Gasteiger partial charge < -0.3 is 0 Å². The Morgan fingerprint density at radius 2 is 2.22 bits per heavy atom. The van der Waals surface area contributed by atoms with Crippen LogP contribution in [0.3, 0.4) is 0 Å². The normalized spacial score (nSPS) is 56.7. The first-order valence-corrected chi connectivity index (χ1v) is 4.25. The van der Waals surface area contributed by atoms with Crippen LogP contribution in [0.1, 0.15) is 32.6 Å². The minimum Gasteiger partial charge on any atom is -0.119 e. The predicted octanol–water partition coefficient (Wildman–Crippen LogP) is 2.80. The Labute approximate surface area is 61.6 Å². The van der Waals surface area contributed by atoms with E-state index in [2.05, 4.69) is 6.92 Å². The van der Waals surface area contributed by atoms with Gasteiger partial charge in [0.15, 0.2) is 0 Å². The first-order chi connectivity index (χ1) is 4.18. The van der Waals surface area contributed by atoms with Gasteiger partial charge in [-0.2, -0.15) is 0 Å². The Morgan fingerprint density at radius 3 is 2.44 bits per heavy atom. The number of hydrogen-bond donors (Lipinski definition) is 0. The summed E-state index contributed by atoms with van der Waals surface area (Å²) in [5, 5.41) is 0. The largest absolute Gasteiger partial charge is 0.119 e. The van der Waals surface area contributed by atoms with Gasteiger partial charge in [0.1, 0.15) is 0 Å². The molecule has 2 rings (SSSR count). The number of hydrogen-bond acceptors (Lipinski definition) is 0. The Morgan fingerprint density at radius 1 is 1.44 bits per heavy atom. The van der Waals surface area contributed by atoms with Crippen molar-refractivity contribution in [3.05, 3.63) is 0 Å². The second-order valence-electron chi connectivity index (χ2n) is 3.86. The summed E-state index contributed by atoms with van der Waals surface area (Å²) in [4.78, 5) is 0.183. The molecule has 0 aliphatic heterocycles. The molecule has 3 atom stereocenters. The molecule has 3 unspecified atom stereocenters. The van der Waals surface area contributed by atoms with E-state index in [0.717, 1.165) is 11.8 Å². The standard InChI is InChI=1S/C8H13Cl/c1-8(9)5-6-2-3-7(8)4-6/h6-7H,2-5H2,1H3. The van der Waals surface area contributed by atoms with E-state index >= 15 is 0 Å². The van der Waals surface area contributed by atoms with E-state index < -0.39 is 0 Å². The van der Waals surface area contributed by atoms with Gasteiger partial charge in [-0.3, -0.25) is 0 Å². The first kappa shape index (κ1) is 6.03. The average molecular weight is 145 g/mol. The molecule has 2 bridgehead atoms. The molecule has 2 saturated carbocycles. The van der Waals surface area contributed by atoms with Crippen LogP contribution in [-0.4, -0.2) is 4.87 Å². The molecule has 0 aromatic heterocycles. The molecule has 0 aromatic rings. The number of alkyl halides is 1. The maximum Gasteiger partial charge on any atom is 0.0449 e. The summed E-state index contributed by atoms with van der Waals surface area (Å²) in [6.45, 7) is 2.21. The summed E-state index contributed by atoms with van der Waals surface area (Å²) in [5.41, 5.74) is 0. The number of halogens is 1. The molecule has 0 nitrogen and oxygen atoms in total. The Bertz CT molecular complexity index is 129. The Kier molecular flexibility index (Phi) is 1.11. The fourth-order valence-electron chi connectivity index (χ4n) is 2.54. The minimum absolute atomic E-state index is 0.183. The molecule has 2 aliphatic carbocycles. The smallest absolute Gasteiger partial charge is 0.0449 e. The topological polar surface area (TPSA) is 0 Å². The van der Waals surface area contributed by atoms with Crippen molar-refractivity contribution in [3.8, 4) is 0 Å². The van der Waals surface area contributed by atoms with Gasteiger partial charge in [0, 0.05) is 4.87 Å². The highest BCUT2D eigenvalue weighted by Gasteiger charge is 2.46. The average Bonchev–Trinajstić information content (AvgIpc) is 2.19. The van der Waals surface area contributed by atoms with Crippen molar-refractivity contribution < 1.29 is 0 Å². The predicted molar refractivity (Wildman–Crippen MR) is 39.7 cm³/mol. The van der Waals surface area contributed by atoms with Gasteiger partial charge in [-0.15, -0.1) is 11.6 Å². The molecule has 9 heavy (non-hydrogen) atoms. The quantitative estimate of drug-likeness (QED) is 0.459. The van der Waals surface area contributed by atoms with Crippen LogP contribution in [-0.2, 0) is 0 Å². The summed E-state index contributed by atoms with van der Waals surface area (Å²) in [7, 11) is 0. The number of rotatable bonds is 0. The van der Waals surface area contributed by atoms with Gasteiger partial charge in [0.05, 0.1) is 0 Å². The van der Waals surface area contributed by atoms with Gasteiger partial charge in [-0.1, -0.05) is 6.42 Å². The van der Waals surface area contributed by atoms with E-state index in [4.69, 9.17) is 11.6 Å². The van der Waals surface area contributed by atoms with Crippen LogP contribution in [0.15, 0.2) is 0 Å². The molecule has 0 saturated heterocycles. The zero-order chi connectivity index (χ0) is 6.48. The van der Waals surface area contributed by atoms with E-state index in [1.807, 2.05) is 0 Å². The van der Waals surface area contributed by atoms with Gasteiger partial charge in [0.2, 0.25) is 0 Å². The maximum atomic E-state index is 6.26. The summed E-state index contributed by atoms with van der Waals surface area (Å²) < 4.78 is 0. The molecule has 2 fully saturated rings. The third-order valence-electron chi connectivity index (χ3n) is 3.08. The molecular weight excluding hydrogens is 132 g/mol. The number of fused-ring (bicyclic) bond motifs is 2. The Hall–Kier alpha value is 0.290. The molecule has 0 N–H and O–H groups in total. The summed E-state index contributed by atoms with van der Waals surface area (Å²) in [6.07, 6.45) is 5.54. The highest BCUT2D eigenvalue weighted by Crippen LogP contribution is 2.53. The molecule has 1 heteroatoms. The van der Waals surface area contributed by atoms with Crippen molar-refractivity contribution in [3.63, 3.8) is 0 Å². The van der Waals surface area contributed by atoms with Crippen molar-refractivity contribution in [2.24, 2.45) is 11.8 Å². The van der Waals surface area contributed by atoms with Crippen LogP contribution in [0.25, 0.3) is 0 Å². The third-order valence-corrected chi connectivity index (χ3v) is 3.54. The highest BCUT2D eigenvalue weighted by molar-refractivity contribution is 6.24. The maximum absolute atomic E-state index is 6.26. The van der Waals surface area contributed by atoms with Crippen molar-refractivity contribution in [2.75, 3.05) is 0 Å². The third kappa shape index (κ3) is 0.797. The van der Waals surface area contributed by atoms with Gasteiger partial charge in [-0.25, -0.2) is 0 Å². The monoisotopic (exact) mass is 144 g/mol. The lowest BCUT2D eigenvalue weighted by molar-refractivity contribution is 0.390. The molecule has 0 spiro atoms. The second-order valence-corrected chi connectivity index (χ2v) is 4.72. The van der Waals surface area contributed by atoms with E-state index in [-0.39, 0.29) is 4.87 Å². The van der Waals surface area contributed by atoms with Crippen molar-refractivity contribution in [2.45, 2.75) is 37.5 Å². The van der Waals surface area contributed by atoms with Gasteiger partial charge in [0.25, 0.3) is 0 Å². The zero-order valence-electron chi connectivity index (χ0n) is 5.86. The lowest BCUT2D eigenvalue weighted by atomic mass is 9.90. The Balaban J connectivity index is 2.18. The van der Waals surface area contributed by atoms with Crippen LogP contribution in [0.5, 0.6) is 0 Å². The van der Waals surface area contributed by atoms with Crippen LogP contribution in [0, 0.1) is 11.8 Å². The van der Waals surface area contributed by atoms with Crippen LogP contribution >= 0.6 is 11.6 Å². The van der Waals surface area contributed by atoms with E-state index in [9.17, 15) is 0 Å². The lowest BCUT2D eigenvalue weighted by Gasteiger charge is -2.26. The molecule has 52 valence electrons. The van der Waals surface area contributed by atoms with Crippen LogP contribution < -0.4 is 0 Å². The van der Waals surface area contributed by atoms with Crippen molar-refractivity contribution >= 4 is 11.6 Å². The van der Waals surface area contributed by atoms with Crippen molar-refractivity contribution in [1.29, 1.82) is 0 Å². The van der Waals surface area contributed by atoms with Crippen molar-refractivity contribution in [1.82, 2.24) is 0 Å². The van der Waals surface area contributed by atoms with E-state index in [0.29, 0.717) is 0 Å².